The Morgan fingerprint density at radius 2 is 1.91 bits per heavy atom. The largest absolute Gasteiger partial charge is 0.444 e. The van der Waals surface area contributed by atoms with Crippen LogP contribution in [-0.4, -0.2) is 92.0 Å². The van der Waals surface area contributed by atoms with Gasteiger partial charge in [0.2, 0.25) is 5.91 Å². The second kappa shape index (κ2) is 10.5. The van der Waals surface area contributed by atoms with E-state index in [0.717, 1.165) is 26.1 Å². The quantitative estimate of drug-likeness (QED) is 0.592. The van der Waals surface area contributed by atoms with E-state index >= 15 is 0 Å². The number of piperazine rings is 1. The summed E-state index contributed by atoms with van der Waals surface area (Å²) in [7, 11) is -3.62. The Morgan fingerprint density at radius 1 is 1.19 bits per heavy atom. The van der Waals surface area contributed by atoms with Gasteiger partial charge in [0.15, 0.2) is 0 Å². The SMILES string of the molecule is CC(C)(C)OC(=O)N1CCN(CCCNC(=O)C2CCCN2S(=O)(=O)c2cccs2)CC1. The lowest BCUT2D eigenvalue weighted by atomic mass is 10.2. The Morgan fingerprint density at radius 3 is 2.53 bits per heavy atom. The van der Waals surface area contributed by atoms with Crippen molar-refractivity contribution < 1.29 is 22.7 Å². The molecule has 32 heavy (non-hydrogen) atoms. The van der Waals surface area contributed by atoms with Gasteiger partial charge in [-0.15, -0.1) is 11.3 Å². The Hall–Kier alpha value is -1.69. The Labute approximate surface area is 194 Å². The summed E-state index contributed by atoms with van der Waals surface area (Å²) in [4.78, 5) is 28.8. The third kappa shape index (κ3) is 6.43. The maximum atomic E-state index is 12.8. The predicted molar refractivity (Wildman–Crippen MR) is 123 cm³/mol. The molecule has 2 fully saturated rings. The van der Waals surface area contributed by atoms with Gasteiger partial charge < -0.3 is 15.0 Å². The van der Waals surface area contributed by atoms with Crippen molar-refractivity contribution in [1.29, 1.82) is 0 Å². The molecule has 2 aliphatic heterocycles. The molecule has 180 valence electrons. The van der Waals surface area contributed by atoms with E-state index < -0.39 is 21.7 Å². The number of ether oxygens (including phenoxy) is 1. The highest BCUT2D eigenvalue weighted by atomic mass is 32.2. The number of sulfonamides is 1. The van der Waals surface area contributed by atoms with E-state index in [1.807, 2.05) is 20.8 Å². The van der Waals surface area contributed by atoms with Crippen molar-refractivity contribution in [2.75, 3.05) is 45.8 Å². The van der Waals surface area contributed by atoms with Crippen molar-refractivity contribution >= 4 is 33.4 Å². The normalized spacial score (nSPS) is 21.0. The van der Waals surface area contributed by atoms with Gasteiger partial charge in [-0.2, -0.15) is 4.31 Å². The minimum absolute atomic E-state index is 0.225. The maximum absolute atomic E-state index is 12.8. The number of hydrogen-bond acceptors (Lipinski definition) is 7. The lowest BCUT2D eigenvalue weighted by Gasteiger charge is -2.35. The van der Waals surface area contributed by atoms with Crippen molar-refractivity contribution in [3.8, 4) is 0 Å². The van der Waals surface area contributed by atoms with Gasteiger partial charge >= 0.3 is 6.09 Å². The van der Waals surface area contributed by atoms with E-state index in [2.05, 4.69) is 10.2 Å². The second-order valence-electron chi connectivity index (χ2n) is 9.16. The van der Waals surface area contributed by atoms with Crippen LogP contribution in [0.2, 0.25) is 0 Å². The maximum Gasteiger partial charge on any atom is 0.410 e. The molecule has 2 saturated heterocycles. The van der Waals surface area contributed by atoms with Gasteiger partial charge in [0.25, 0.3) is 10.0 Å². The highest BCUT2D eigenvalue weighted by Gasteiger charge is 2.39. The molecule has 2 aliphatic rings. The first kappa shape index (κ1) is 24.9. The molecule has 0 spiro atoms. The standard InChI is InChI=1S/C21H34N4O5S2/c1-21(2,3)30-20(27)24-14-12-23(13-15-24)10-6-9-22-19(26)17-7-4-11-25(17)32(28,29)18-8-5-16-31-18/h5,8,16-17H,4,6-7,9-15H2,1-3H3,(H,22,26). The number of nitrogens with one attached hydrogen (secondary N) is 1. The van der Waals surface area contributed by atoms with Crippen LogP contribution in [0.15, 0.2) is 21.7 Å². The van der Waals surface area contributed by atoms with Crippen LogP contribution in [0.4, 0.5) is 4.79 Å². The number of nitrogens with zero attached hydrogens (tertiary/aromatic N) is 3. The van der Waals surface area contributed by atoms with Crippen LogP contribution in [-0.2, 0) is 19.6 Å². The average molecular weight is 487 g/mol. The molecule has 1 aromatic heterocycles. The highest BCUT2D eigenvalue weighted by molar-refractivity contribution is 7.91. The van der Waals surface area contributed by atoms with E-state index in [1.165, 1.54) is 15.6 Å². The zero-order valence-corrected chi connectivity index (χ0v) is 20.7. The van der Waals surface area contributed by atoms with Gasteiger partial charge in [0, 0.05) is 39.3 Å². The Bertz CT molecular complexity index is 875. The van der Waals surface area contributed by atoms with Crippen molar-refractivity contribution in [2.24, 2.45) is 0 Å². The van der Waals surface area contributed by atoms with Crippen LogP contribution in [0.25, 0.3) is 0 Å². The molecule has 0 aliphatic carbocycles. The first-order valence-electron chi connectivity index (χ1n) is 11.1. The summed E-state index contributed by atoms with van der Waals surface area (Å²) in [6.07, 6.45) is 1.72. The van der Waals surface area contributed by atoms with Gasteiger partial charge in [0.05, 0.1) is 0 Å². The smallest absolute Gasteiger partial charge is 0.410 e. The summed E-state index contributed by atoms with van der Waals surface area (Å²) in [6.45, 7) is 10.0. The number of thiophene rings is 1. The molecule has 1 aromatic rings. The van der Waals surface area contributed by atoms with Gasteiger partial charge in [-0.3, -0.25) is 9.69 Å². The molecule has 0 saturated carbocycles. The molecule has 1 N–H and O–H groups in total. The first-order valence-corrected chi connectivity index (χ1v) is 13.4. The zero-order valence-electron chi connectivity index (χ0n) is 19.1. The minimum Gasteiger partial charge on any atom is -0.444 e. The molecule has 3 heterocycles. The van der Waals surface area contributed by atoms with Crippen molar-refractivity contribution in [3.05, 3.63) is 17.5 Å². The fraction of sp³-hybridized carbons (Fsp3) is 0.714. The molecule has 3 rings (SSSR count). The number of rotatable bonds is 7. The van der Waals surface area contributed by atoms with Crippen molar-refractivity contribution in [3.63, 3.8) is 0 Å². The molecule has 1 atom stereocenters. The van der Waals surface area contributed by atoms with E-state index in [9.17, 15) is 18.0 Å². The average Bonchev–Trinajstić information content (AvgIpc) is 3.43. The molecule has 0 radical (unpaired) electrons. The third-order valence-electron chi connectivity index (χ3n) is 5.54. The molecule has 1 unspecified atom stereocenters. The zero-order chi connectivity index (χ0) is 23.4. The first-order chi connectivity index (χ1) is 15.1. The minimum atomic E-state index is -3.62. The summed E-state index contributed by atoms with van der Waals surface area (Å²) in [6, 6.07) is 2.64. The summed E-state index contributed by atoms with van der Waals surface area (Å²) < 4.78 is 32.7. The van der Waals surface area contributed by atoms with Crippen LogP contribution in [0.3, 0.4) is 0 Å². The fourth-order valence-electron chi connectivity index (χ4n) is 3.93. The van der Waals surface area contributed by atoms with Crippen molar-refractivity contribution in [2.45, 2.75) is 55.9 Å². The van der Waals surface area contributed by atoms with Crippen LogP contribution >= 0.6 is 11.3 Å². The fourth-order valence-corrected chi connectivity index (χ4v) is 6.70. The summed E-state index contributed by atoms with van der Waals surface area (Å²) >= 11 is 1.17. The summed E-state index contributed by atoms with van der Waals surface area (Å²) in [5, 5.41) is 4.64. The molecule has 2 amide bonds. The topological polar surface area (TPSA) is 99.3 Å². The highest BCUT2D eigenvalue weighted by Crippen LogP contribution is 2.28. The van der Waals surface area contributed by atoms with Crippen LogP contribution in [0.1, 0.15) is 40.0 Å². The van der Waals surface area contributed by atoms with Crippen molar-refractivity contribution in [1.82, 2.24) is 19.4 Å². The molecule has 11 heteroatoms. The summed E-state index contributed by atoms with van der Waals surface area (Å²) in [5.41, 5.74) is -0.496. The number of carbonyl (C=O) groups excluding carboxylic acids is 2. The number of amides is 2. The van der Waals surface area contributed by atoms with Gasteiger partial charge in [-0.25, -0.2) is 13.2 Å². The third-order valence-corrected chi connectivity index (χ3v) is 8.82. The lowest BCUT2D eigenvalue weighted by Crippen LogP contribution is -2.50. The van der Waals surface area contributed by atoms with E-state index in [4.69, 9.17) is 4.74 Å². The van der Waals surface area contributed by atoms with Gasteiger partial charge in [-0.1, -0.05) is 6.07 Å². The van der Waals surface area contributed by atoms with E-state index in [1.54, 1.807) is 22.4 Å². The number of hydrogen-bond donors (Lipinski definition) is 1. The summed E-state index contributed by atoms with van der Waals surface area (Å²) in [5.74, 6) is -0.225. The van der Waals surface area contributed by atoms with Crippen LogP contribution in [0.5, 0.6) is 0 Å². The molecule has 0 aromatic carbocycles. The number of carbonyl (C=O) groups is 2. The Kier molecular flexibility index (Phi) is 8.18. The molecule has 9 nitrogen and oxygen atoms in total. The second-order valence-corrected chi connectivity index (χ2v) is 12.2. The Balaban J connectivity index is 1.38. The van der Waals surface area contributed by atoms with E-state index in [-0.39, 0.29) is 16.2 Å². The van der Waals surface area contributed by atoms with Crippen LogP contribution in [0, 0.1) is 0 Å². The van der Waals surface area contributed by atoms with Gasteiger partial charge in [-0.05, 0) is 58.0 Å². The molecular weight excluding hydrogens is 452 g/mol. The molecular formula is C21H34N4O5S2. The van der Waals surface area contributed by atoms with Crippen LogP contribution < -0.4 is 5.32 Å². The van der Waals surface area contributed by atoms with Gasteiger partial charge in [0.1, 0.15) is 15.9 Å². The lowest BCUT2D eigenvalue weighted by molar-refractivity contribution is -0.124. The molecule has 0 bridgehead atoms. The predicted octanol–water partition coefficient (Wildman–Crippen LogP) is 1.96. The van der Waals surface area contributed by atoms with E-state index in [0.29, 0.717) is 39.0 Å². The monoisotopic (exact) mass is 486 g/mol.